The van der Waals surface area contributed by atoms with E-state index in [0.29, 0.717) is 6.42 Å². The number of aliphatic hydroxyl groups is 1. The number of nitrogens with one attached hydrogen (secondary N) is 3. The second-order valence-corrected chi connectivity index (χ2v) is 13.8. The number of aryl methyl sites for hydroxylation is 1. The number of aliphatic carboxylic acids is 1. The number of benzene rings is 2. The molecule has 5 N–H and O–H groups in total. The van der Waals surface area contributed by atoms with E-state index in [2.05, 4.69) is 22.9 Å². The number of methoxy groups -OCH3 is 1. The van der Waals surface area contributed by atoms with E-state index in [-0.39, 0.29) is 43.6 Å². The first-order chi connectivity index (χ1) is 23.2. The Morgan fingerprint density at radius 1 is 1.02 bits per heavy atom. The highest BCUT2D eigenvalue weighted by Crippen LogP contribution is 2.44. The minimum absolute atomic E-state index is 0.00420. The fourth-order valence-electron chi connectivity index (χ4n) is 5.61. The first-order valence-corrected chi connectivity index (χ1v) is 17.0. The summed E-state index contributed by atoms with van der Waals surface area (Å²) in [4.78, 5) is 51.2. The number of carbonyl (C=O) groups is 4. The fourth-order valence-corrected chi connectivity index (χ4v) is 5.61. The number of hydrogen-bond donors (Lipinski definition) is 5. The number of allylic oxidation sites excluding steroid dienone is 1. The largest absolute Gasteiger partial charge is 0.496 e. The number of hydrogen-bond acceptors (Lipinski definition) is 7. The maximum atomic E-state index is 13.5. The molecule has 268 valence electrons. The summed E-state index contributed by atoms with van der Waals surface area (Å²) in [7, 11) is 1.60. The normalized spacial score (nSPS) is 17.7. The van der Waals surface area contributed by atoms with Gasteiger partial charge < -0.3 is 35.6 Å². The van der Waals surface area contributed by atoms with Crippen molar-refractivity contribution >= 4 is 23.7 Å². The molecule has 2 aromatic carbocycles. The standard InChI is InChI=1S/C38H53N3O8/c1-8-27-19-26(15-18-30(27)48-7)20-29(35(44)39-22-38(5,6)37(47)41-32(23(2)3)36(45)46)40-31(43)12-10-9-11-24(4)33-34(49-33)28-16-13-25(21-42)14-17-28/h10,12-19,23-24,29,32-34,42H,8-9,11,20-22H2,1-7H3,(H,39,44)(H,40,43)(H,41,47)(H,45,46)/b12-10+/t24-,29+,32?,33?,34?/m0/s1. The third-order valence-electron chi connectivity index (χ3n) is 8.97. The second-order valence-electron chi connectivity index (χ2n) is 13.8. The Morgan fingerprint density at radius 2 is 1.69 bits per heavy atom. The molecule has 49 heavy (non-hydrogen) atoms. The minimum atomic E-state index is -1.13. The van der Waals surface area contributed by atoms with Gasteiger partial charge in [0.1, 0.15) is 23.9 Å². The molecule has 2 aromatic rings. The van der Waals surface area contributed by atoms with E-state index in [1.54, 1.807) is 40.9 Å². The molecule has 1 heterocycles. The van der Waals surface area contributed by atoms with Crippen LogP contribution in [0.15, 0.2) is 54.6 Å². The van der Waals surface area contributed by atoms with E-state index in [1.165, 1.54) is 6.08 Å². The fraction of sp³-hybridized carbons (Fsp3) is 0.526. The number of amides is 3. The van der Waals surface area contributed by atoms with E-state index in [9.17, 15) is 29.4 Å². The van der Waals surface area contributed by atoms with Crippen molar-refractivity contribution in [2.24, 2.45) is 17.3 Å². The predicted molar refractivity (Wildman–Crippen MR) is 187 cm³/mol. The topological polar surface area (TPSA) is 167 Å². The molecule has 0 aromatic heterocycles. The van der Waals surface area contributed by atoms with Crippen LogP contribution in [0.1, 0.15) is 82.7 Å². The lowest BCUT2D eigenvalue weighted by atomic mass is 9.90. The van der Waals surface area contributed by atoms with Crippen LogP contribution in [-0.2, 0) is 43.4 Å². The van der Waals surface area contributed by atoms with Crippen LogP contribution >= 0.6 is 0 Å². The molecule has 3 amide bonds. The first kappa shape index (κ1) is 39.2. The highest BCUT2D eigenvalue weighted by molar-refractivity contribution is 5.93. The van der Waals surface area contributed by atoms with E-state index < -0.39 is 41.2 Å². The number of carboxylic acid groups (broad SMARTS) is 1. The summed E-state index contributed by atoms with van der Waals surface area (Å²) >= 11 is 0. The molecule has 1 aliphatic heterocycles. The van der Waals surface area contributed by atoms with E-state index in [1.807, 2.05) is 49.4 Å². The van der Waals surface area contributed by atoms with Gasteiger partial charge in [0.15, 0.2) is 0 Å². The van der Waals surface area contributed by atoms with E-state index in [4.69, 9.17) is 9.47 Å². The van der Waals surface area contributed by atoms with Gasteiger partial charge >= 0.3 is 5.97 Å². The van der Waals surface area contributed by atoms with Crippen molar-refractivity contribution in [3.8, 4) is 5.75 Å². The van der Waals surface area contributed by atoms with Crippen LogP contribution in [0, 0.1) is 17.3 Å². The molecular formula is C38H53N3O8. The molecule has 3 rings (SSSR count). The predicted octanol–water partition coefficient (Wildman–Crippen LogP) is 4.26. The van der Waals surface area contributed by atoms with Crippen LogP contribution in [-0.4, -0.2) is 65.7 Å². The lowest BCUT2D eigenvalue weighted by molar-refractivity contribution is -0.144. The summed E-state index contributed by atoms with van der Waals surface area (Å²) in [5.41, 5.74) is 2.63. The Balaban J connectivity index is 1.62. The third kappa shape index (κ3) is 11.4. The van der Waals surface area contributed by atoms with Gasteiger partial charge in [-0.15, -0.1) is 0 Å². The number of carboxylic acids is 1. The lowest BCUT2D eigenvalue weighted by Crippen LogP contribution is -2.54. The van der Waals surface area contributed by atoms with Gasteiger partial charge in [-0.1, -0.05) is 70.2 Å². The average Bonchev–Trinajstić information content (AvgIpc) is 3.88. The van der Waals surface area contributed by atoms with Crippen LogP contribution in [0.5, 0.6) is 5.75 Å². The van der Waals surface area contributed by atoms with Crippen molar-refractivity contribution in [1.82, 2.24) is 16.0 Å². The summed E-state index contributed by atoms with van der Waals surface area (Å²) < 4.78 is 11.4. The molecule has 0 aliphatic carbocycles. The van der Waals surface area contributed by atoms with Gasteiger partial charge in [-0.3, -0.25) is 14.4 Å². The van der Waals surface area contributed by atoms with Gasteiger partial charge in [-0.05, 0) is 79.3 Å². The molecule has 1 aliphatic rings. The molecule has 1 fully saturated rings. The van der Waals surface area contributed by atoms with Crippen molar-refractivity contribution in [2.45, 2.75) is 98.1 Å². The van der Waals surface area contributed by atoms with Crippen molar-refractivity contribution < 1.29 is 38.9 Å². The molecule has 0 saturated carbocycles. The average molecular weight is 680 g/mol. The molecule has 0 bridgehead atoms. The summed E-state index contributed by atoms with van der Waals surface area (Å²) in [6.45, 7) is 10.7. The molecule has 1 saturated heterocycles. The second kappa shape index (κ2) is 18.0. The monoisotopic (exact) mass is 679 g/mol. The van der Waals surface area contributed by atoms with Gasteiger partial charge in [0.05, 0.1) is 25.2 Å². The van der Waals surface area contributed by atoms with Crippen molar-refractivity contribution in [3.05, 3.63) is 76.9 Å². The minimum Gasteiger partial charge on any atom is -0.496 e. The molecule has 0 radical (unpaired) electrons. The van der Waals surface area contributed by atoms with Crippen LogP contribution in [0.3, 0.4) is 0 Å². The SMILES string of the molecule is CCc1cc(C[C@@H](NC(=O)/C=C/CC[C@H](C)C2OC2c2ccc(CO)cc2)C(=O)NCC(C)(C)C(=O)NC(C(=O)O)C(C)C)ccc1OC. The molecule has 5 atom stereocenters. The first-order valence-electron chi connectivity index (χ1n) is 17.0. The summed E-state index contributed by atoms with van der Waals surface area (Å²) in [6, 6.07) is 11.4. The zero-order valence-electron chi connectivity index (χ0n) is 29.7. The smallest absolute Gasteiger partial charge is 0.326 e. The van der Waals surface area contributed by atoms with Gasteiger partial charge in [0, 0.05) is 13.0 Å². The number of aliphatic hydroxyl groups excluding tert-OH is 1. The Kier molecular flexibility index (Phi) is 14.4. The molecular weight excluding hydrogens is 626 g/mol. The number of carbonyl (C=O) groups excluding carboxylic acids is 3. The molecule has 11 heteroatoms. The number of rotatable bonds is 19. The zero-order chi connectivity index (χ0) is 36.3. The Bertz CT molecular complexity index is 1470. The number of ether oxygens (including phenoxy) is 2. The van der Waals surface area contributed by atoms with E-state index in [0.717, 1.165) is 40.8 Å². The summed E-state index contributed by atoms with van der Waals surface area (Å²) in [6.07, 6.45) is 5.75. The van der Waals surface area contributed by atoms with Crippen LogP contribution in [0.2, 0.25) is 0 Å². The van der Waals surface area contributed by atoms with Gasteiger partial charge in [-0.2, -0.15) is 0 Å². The maximum Gasteiger partial charge on any atom is 0.326 e. The van der Waals surface area contributed by atoms with Gasteiger partial charge in [0.25, 0.3) is 0 Å². The van der Waals surface area contributed by atoms with Gasteiger partial charge in [-0.25, -0.2) is 4.79 Å². The summed E-state index contributed by atoms with van der Waals surface area (Å²) in [5.74, 6) is -1.83. The van der Waals surface area contributed by atoms with Crippen molar-refractivity contribution in [3.63, 3.8) is 0 Å². The highest BCUT2D eigenvalue weighted by Gasteiger charge is 2.43. The Hall–Kier alpha value is -4.22. The quantitative estimate of drug-likeness (QED) is 0.109. The van der Waals surface area contributed by atoms with Crippen molar-refractivity contribution in [2.75, 3.05) is 13.7 Å². The molecule has 3 unspecified atom stereocenters. The van der Waals surface area contributed by atoms with Crippen LogP contribution in [0.25, 0.3) is 0 Å². The maximum absolute atomic E-state index is 13.5. The lowest BCUT2D eigenvalue weighted by Gasteiger charge is -2.28. The summed E-state index contributed by atoms with van der Waals surface area (Å²) in [5, 5.41) is 27.0. The van der Waals surface area contributed by atoms with E-state index >= 15 is 0 Å². The molecule has 11 nitrogen and oxygen atoms in total. The van der Waals surface area contributed by atoms with Crippen LogP contribution < -0.4 is 20.7 Å². The number of epoxide rings is 1. The Morgan fingerprint density at radius 3 is 2.29 bits per heavy atom. The highest BCUT2D eigenvalue weighted by atomic mass is 16.6. The Labute approximate surface area is 289 Å². The zero-order valence-corrected chi connectivity index (χ0v) is 29.7. The molecule has 0 spiro atoms. The van der Waals surface area contributed by atoms with Crippen LogP contribution in [0.4, 0.5) is 0 Å². The van der Waals surface area contributed by atoms with Crippen molar-refractivity contribution in [1.29, 1.82) is 0 Å². The van der Waals surface area contributed by atoms with Gasteiger partial charge in [0.2, 0.25) is 17.7 Å². The third-order valence-corrected chi connectivity index (χ3v) is 8.97.